The number of ether oxygens (including phenoxy) is 2. The zero-order valence-corrected chi connectivity index (χ0v) is 30.4. The molecule has 3 unspecified atom stereocenters. The number of benzene rings is 1. The van der Waals surface area contributed by atoms with E-state index in [4.69, 9.17) is 9.47 Å². The van der Waals surface area contributed by atoms with Crippen molar-refractivity contribution < 1.29 is 42.1 Å². The van der Waals surface area contributed by atoms with Gasteiger partial charge in [0.15, 0.2) is 12.4 Å². The molecule has 1 aromatic heterocycles. The lowest BCUT2D eigenvalue weighted by Gasteiger charge is -2.33. The minimum absolute atomic E-state index is 0.0110. The van der Waals surface area contributed by atoms with Crippen LogP contribution < -0.4 is 10.1 Å². The lowest BCUT2D eigenvalue weighted by atomic mass is 9.86. The zero-order chi connectivity index (χ0) is 37.0. The van der Waals surface area contributed by atoms with Crippen molar-refractivity contribution in [3.05, 3.63) is 23.9 Å². The van der Waals surface area contributed by atoms with Gasteiger partial charge in [-0.2, -0.15) is 13.2 Å². The molecule has 2 amide bonds. The summed E-state index contributed by atoms with van der Waals surface area (Å²) in [5, 5.41) is 13.2. The molecule has 50 heavy (non-hydrogen) atoms. The van der Waals surface area contributed by atoms with E-state index >= 15 is 0 Å². The molecule has 5 atom stereocenters. The number of unbranched alkanes of at least 4 members (excludes halogenated alkanes) is 2. The summed E-state index contributed by atoms with van der Waals surface area (Å²) in [5.74, 6) is -0.342. The number of halogens is 3. The van der Waals surface area contributed by atoms with Gasteiger partial charge in [-0.15, -0.1) is 0 Å². The number of aryl methyl sites for hydroxylation is 1. The monoisotopic (exact) mass is 706 g/mol. The number of fused-ring (bicyclic) bond motifs is 1. The maximum Gasteiger partial charge on any atom is 0.422 e. The number of carbonyl (C=O) groups is 3. The number of carbonyl (C=O) groups excluding carboxylic acids is 3. The summed E-state index contributed by atoms with van der Waals surface area (Å²) < 4.78 is 48.0. The molecule has 2 N–H and O–H groups in total. The fraction of sp³-hybridized carbons (Fsp3) is 0.703. The van der Waals surface area contributed by atoms with Crippen molar-refractivity contribution in [2.45, 2.75) is 130 Å². The second-order valence-corrected chi connectivity index (χ2v) is 15.7. The molecule has 0 radical (unpaired) electrons. The highest BCUT2D eigenvalue weighted by Crippen LogP contribution is 2.49. The molecule has 4 rings (SSSR count). The highest BCUT2D eigenvalue weighted by atomic mass is 19.4. The van der Waals surface area contributed by atoms with Crippen LogP contribution in [0.1, 0.15) is 106 Å². The van der Waals surface area contributed by atoms with Gasteiger partial charge in [-0.3, -0.25) is 9.59 Å². The van der Waals surface area contributed by atoms with E-state index in [1.54, 1.807) is 4.90 Å². The van der Waals surface area contributed by atoms with Gasteiger partial charge in [0.25, 0.3) is 0 Å². The number of hydrogen-bond acceptors (Lipinski definition) is 8. The molecule has 2 heterocycles. The van der Waals surface area contributed by atoms with Crippen molar-refractivity contribution >= 4 is 28.8 Å². The second kappa shape index (κ2) is 15.7. The Kier molecular flexibility index (Phi) is 12.3. The molecule has 0 spiro atoms. The van der Waals surface area contributed by atoms with Crippen LogP contribution in [-0.2, 0) is 20.7 Å². The van der Waals surface area contributed by atoms with E-state index in [0.717, 1.165) is 44.9 Å². The number of hydrogen-bond donors (Lipinski definition) is 2. The van der Waals surface area contributed by atoms with E-state index in [9.17, 15) is 32.7 Å². The Morgan fingerprint density at radius 2 is 1.82 bits per heavy atom. The number of alkyl halides is 3. The van der Waals surface area contributed by atoms with Gasteiger partial charge in [-0.25, -0.2) is 14.8 Å². The fourth-order valence-corrected chi connectivity index (χ4v) is 6.96. The number of rotatable bonds is 15. The van der Waals surface area contributed by atoms with Gasteiger partial charge in [0.05, 0.1) is 17.1 Å². The maximum absolute atomic E-state index is 13.9. The molecule has 0 bridgehead atoms. The predicted octanol–water partition coefficient (Wildman–Crippen LogP) is 7.54. The van der Waals surface area contributed by atoms with Gasteiger partial charge >= 0.3 is 12.3 Å². The van der Waals surface area contributed by atoms with Crippen LogP contribution in [0.3, 0.4) is 0 Å². The van der Waals surface area contributed by atoms with Gasteiger partial charge in [0.2, 0.25) is 11.8 Å². The highest BCUT2D eigenvalue weighted by Gasteiger charge is 2.53. The number of likely N-dealkylation sites (tertiary alicyclic amines) is 1. The third-order valence-corrected chi connectivity index (χ3v) is 9.83. The number of amides is 2. The highest BCUT2D eigenvalue weighted by molar-refractivity contribution is 5.93. The molecular weight excluding hydrogens is 653 g/mol. The first-order chi connectivity index (χ1) is 23.3. The SMILES string of the molecule is CCC1CCN(C(=O)C(CC(C)(C)C)NC(=O)OC2(C)C[C@H]2CCCCCc2nc3ccc(OCC(F)(F)F)cc3nc2O)[C@@H]1C(=O)C(C)C. The van der Waals surface area contributed by atoms with E-state index < -0.39 is 36.6 Å². The lowest BCUT2D eigenvalue weighted by Crippen LogP contribution is -2.54. The average molecular weight is 707 g/mol. The average Bonchev–Trinajstić information content (AvgIpc) is 3.44. The summed E-state index contributed by atoms with van der Waals surface area (Å²) in [6.45, 7) is 12.8. The fourth-order valence-electron chi connectivity index (χ4n) is 6.96. The van der Waals surface area contributed by atoms with Gasteiger partial charge in [0, 0.05) is 24.4 Å². The zero-order valence-electron chi connectivity index (χ0n) is 30.4. The summed E-state index contributed by atoms with van der Waals surface area (Å²) in [5.41, 5.74) is 0.220. The Balaban J connectivity index is 1.25. The van der Waals surface area contributed by atoms with Gasteiger partial charge < -0.3 is 24.8 Å². The Morgan fingerprint density at radius 3 is 2.46 bits per heavy atom. The van der Waals surface area contributed by atoms with Crippen LogP contribution in [0.5, 0.6) is 11.6 Å². The van der Waals surface area contributed by atoms with E-state index in [1.807, 2.05) is 48.5 Å². The normalized spacial score (nSPS) is 22.9. The summed E-state index contributed by atoms with van der Waals surface area (Å²) in [6, 6.07) is 2.94. The minimum Gasteiger partial charge on any atom is -0.492 e. The van der Waals surface area contributed by atoms with E-state index in [-0.39, 0.29) is 52.0 Å². The first kappa shape index (κ1) is 39.2. The minimum atomic E-state index is -4.46. The molecule has 2 aliphatic rings. The van der Waals surface area contributed by atoms with Crippen LogP contribution in [0.15, 0.2) is 18.2 Å². The molecule has 13 heteroatoms. The Morgan fingerprint density at radius 1 is 1.10 bits per heavy atom. The summed E-state index contributed by atoms with van der Waals surface area (Å²) in [4.78, 5) is 50.5. The molecule has 2 aromatic rings. The van der Waals surface area contributed by atoms with Crippen LogP contribution in [0.4, 0.5) is 18.0 Å². The van der Waals surface area contributed by atoms with Gasteiger partial charge in [-0.05, 0) is 68.9 Å². The topological polar surface area (TPSA) is 131 Å². The number of nitrogens with one attached hydrogen (secondary N) is 1. The Hall–Kier alpha value is -3.64. The second-order valence-electron chi connectivity index (χ2n) is 15.7. The summed E-state index contributed by atoms with van der Waals surface area (Å²) in [6.07, 6.45) is 1.39. The maximum atomic E-state index is 13.9. The molecule has 1 aliphatic heterocycles. The van der Waals surface area contributed by atoms with Crippen molar-refractivity contribution in [1.29, 1.82) is 0 Å². The lowest BCUT2D eigenvalue weighted by molar-refractivity contribution is -0.153. The quantitative estimate of drug-likeness (QED) is 0.182. The smallest absolute Gasteiger partial charge is 0.422 e. The van der Waals surface area contributed by atoms with E-state index in [2.05, 4.69) is 15.3 Å². The van der Waals surface area contributed by atoms with Crippen LogP contribution >= 0.6 is 0 Å². The van der Waals surface area contributed by atoms with Crippen molar-refractivity contribution in [3.8, 4) is 11.6 Å². The summed E-state index contributed by atoms with van der Waals surface area (Å²) in [7, 11) is 0. The molecule has 278 valence electrons. The number of alkyl carbamates (subject to hydrolysis) is 1. The van der Waals surface area contributed by atoms with E-state index in [0.29, 0.717) is 30.6 Å². The van der Waals surface area contributed by atoms with Crippen molar-refractivity contribution in [2.24, 2.45) is 23.2 Å². The Bertz CT molecular complexity index is 1530. The largest absolute Gasteiger partial charge is 0.492 e. The molecule has 2 fully saturated rings. The number of aromatic hydroxyl groups is 1. The predicted molar refractivity (Wildman–Crippen MR) is 183 cm³/mol. The first-order valence-electron chi connectivity index (χ1n) is 17.8. The molecule has 10 nitrogen and oxygen atoms in total. The summed E-state index contributed by atoms with van der Waals surface area (Å²) >= 11 is 0. The molecule has 1 aromatic carbocycles. The van der Waals surface area contributed by atoms with Crippen LogP contribution in [0.2, 0.25) is 0 Å². The van der Waals surface area contributed by atoms with E-state index in [1.165, 1.54) is 18.2 Å². The number of Topliss-reactive ketones (excluding diaryl/α,β-unsaturated/α-hetero) is 1. The van der Waals surface area contributed by atoms with Gasteiger partial charge in [-0.1, -0.05) is 60.8 Å². The molecule has 1 saturated carbocycles. The number of aromatic nitrogens is 2. The van der Waals surface area contributed by atoms with Crippen molar-refractivity contribution in [3.63, 3.8) is 0 Å². The van der Waals surface area contributed by atoms with Crippen LogP contribution in [0.25, 0.3) is 11.0 Å². The standard InChI is InChI=1S/C37H53F3N4O6/c1-8-23-16-17-44(30(23)31(45)22(2)3)33(47)29(20-35(4,5)6)43-34(48)50-36(7)19-24(36)12-10-9-11-13-27-32(46)42-28-18-25(14-15-26(28)41-27)49-21-37(38,39)40/h14-15,18,22-24,29-30H,8-13,16-17,19-21H2,1-7H3,(H,42,46)(H,43,48)/t23?,24-,29?,30+,36?/m1/s1. The van der Waals surface area contributed by atoms with Crippen molar-refractivity contribution in [2.75, 3.05) is 13.2 Å². The molecule has 1 aliphatic carbocycles. The van der Waals surface area contributed by atoms with Crippen LogP contribution in [0, 0.1) is 23.2 Å². The first-order valence-corrected chi connectivity index (χ1v) is 17.8. The molecule has 1 saturated heterocycles. The van der Waals surface area contributed by atoms with Crippen LogP contribution in [-0.4, -0.2) is 74.8 Å². The third-order valence-electron chi connectivity index (χ3n) is 9.83. The number of ketones is 1. The Labute approximate surface area is 292 Å². The number of nitrogens with zero attached hydrogens (tertiary/aromatic N) is 3. The third kappa shape index (κ3) is 10.4. The van der Waals surface area contributed by atoms with Crippen molar-refractivity contribution in [1.82, 2.24) is 20.2 Å². The van der Waals surface area contributed by atoms with Gasteiger partial charge in [0.1, 0.15) is 23.1 Å². The molecular formula is C37H53F3N4O6.